The molecule has 0 saturated heterocycles. The number of anilines is 1. The normalized spacial score (nSPS) is 14.6. The van der Waals surface area contributed by atoms with Crippen molar-refractivity contribution in [3.05, 3.63) is 71.5 Å². The molecule has 5 rings (SSSR count). The summed E-state index contributed by atoms with van der Waals surface area (Å²) in [6, 6.07) is 14.7. The van der Waals surface area contributed by atoms with Crippen LogP contribution in [0, 0.1) is 6.92 Å². The summed E-state index contributed by atoms with van der Waals surface area (Å²) >= 11 is 0. The monoisotopic (exact) mass is 485 g/mol. The molecule has 2 amide bonds. The summed E-state index contributed by atoms with van der Waals surface area (Å²) in [6.07, 6.45) is 1.82. The summed E-state index contributed by atoms with van der Waals surface area (Å²) in [6.45, 7) is 1.68. The van der Waals surface area contributed by atoms with E-state index < -0.39 is 5.91 Å². The molecule has 0 unspecified atom stereocenters. The van der Waals surface area contributed by atoms with Crippen LogP contribution in [0.4, 0.5) is 5.82 Å². The number of carbonyl (C=O) groups is 2. The second kappa shape index (κ2) is 9.45. The summed E-state index contributed by atoms with van der Waals surface area (Å²) in [4.78, 5) is 28.3. The van der Waals surface area contributed by atoms with Gasteiger partial charge in [0.2, 0.25) is 5.91 Å². The van der Waals surface area contributed by atoms with Gasteiger partial charge in [0, 0.05) is 23.5 Å². The van der Waals surface area contributed by atoms with Gasteiger partial charge in [-0.3, -0.25) is 9.59 Å². The Bertz CT molecular complexity index is 1430. The first-order valence-electron chi connectivity index (χ1n) is 11.2. The highest BCUT2D eigenvalue weighted by atomic mass is 16.5. The number of nitrogens with zero attached hydrogens (tertiary/aromatic N) is 5. The molecule has 1 atom stereocenters. The van der Waals surface area contributed by atoms with E-state index in [0.29, 0.717) is 17.3 Å². The lowest BCUT2D eigenvalue weighted by Gasteiger charge is -2.24. The van der Waals surface area contributed by atoms with Crippen molar-refractivity contribution >= 4 is 17.6 Å². The van der Waals surface area contributed by atoms with E-state index >= 15 is 0 Å². The van der Waals surface area contributed by atoms with Crippen molar-refractivity contribution in [1.29, 1.82) is 0 Å². The molecule has 4 aromatic rings. The fraction of sp³-hybridized carbons (Fsp3) is 0.200. The van der Waals surface area contributed by atoms with Gasteiger partial charge in [-0.15, -0.1) is 5.10 Å². The molecule has 0 bridgehead atoms. The first-order chi connectivity index (χ1) is 17.4. The third kappa shape index (κ3) is 4.45. The smallest absolute Gasteiger partial charge is 0.272 e. The van der Waals surface area contributed by atoms with Crippen molar-refractivity contribution in [3.8, 4) is 28.7 Å². The molecule has 0 radical (unpaired) electrons. The minimum atomic E-state index is -0.552. The van der Waals surface area contributed by atoms with Gasteiger partial charge >= 0.3 is 0 Å². The van der Waals surface area contributed by atoms with Crippen LogP contribution in [0.1, 0.15) is 29.2 Å². The van der Waals surface area contributed by atoms with E-state index in [1.54, 1.807) is 25.4 Å². The maximum atomic E-state index is 12.7. The van der Waals surface area contributed by atoms with Crippen LogP contribution in [0.5, 0.6) is 11.5 Å². The quantitative estimate of drug-likeness (QED) is 0.405. The number of methoxy groups -OCH3 is 1. The van der Waals surface area contributed by atoms with Crippen molar-refractivity contribution < 1.29 is 19.1 Å². The molecule has 1 aliphatic rings. The Kier molecular flexibility index (Phi) is 6.03. The number of fused-ring (bicyclic) bond motifs is 1. The third-order valence-corrected chi connectivity index (χ3v) is 5.89. The number of benzene rings is 2. The Balaban J connectivity index is 1.49. The van der Waals surface area contributed by atoms with E-state index in [-0.39, 0.29) is 30.8 Å². The van der Waals surface area contributed by atoms with Crippen LogP contribution >= 0.6 is 0 Å². The van der Waals surface area contributed by atoms with Gasteiger partial charge in [-0.05, 0) is 48.9 Å². The van der Waals surface area contributed by atoms with Gasteiger partial charge in [-0.1, -0.05) is 12.1 Å². The second-order valence-corrected chi connectivity index (χ2v) is 8.26. The van der Waals surface area contributed by atoms with Crippen LogP contribution in [0.3, 0.4) is 0 Å². The number of ether oxygens (including phenoxy) is 2. The lowest BCUT2D eigenvalue weighted by atomic mass is 9.86. The summed E-state index contributed by atoms with van der Waals surface area (Å²) in [5.41, 5.74) is 9.10. The fourth-order valence-corrected chi connectivity index (χ4v) is 4.21. The maximum Gasteiger partial charge on any atom is 0.272 e. The Labute approximate surface area is 206 Å². The number of amides is 2. The third-order valence-electron chi connectivity index (χ3n) is 5.89. The molecule has 2 aromatic carbocycles. The maximum absolute atomic E-state index is 12.7. The molecular formula is C25H23N7O4. The van der Waals surface area contributed by atoms with E-state index in [2.05, 4.69) is 25.6 Å². The van der Waals surface area contributed by atoms with Crippen LogP contribution in [0.15, 0.2) is 54.7 Å². The molecule has 2 aromatic heterocycles. The number of hydrogen-bond acceptors (Lipinski definition) is 8. The van der Waals surface area contributed by atoms with Crippen molar-refractivity contribution in [1.82, 2.24) is 25.0 Å². The highest BCUT2D eigenvalue weighted by Crippen LogP contribution is 2.40. The molecule has 0 fully saturated rings. The SMILES string of the molecule is COc1ccc(-c2cnnc(-n3nc(C)c4c3NC(=O)C[C@@H]4c3ccc(OCC(N)=O)cc3)n2)cc1. The lowest BCUT2D eigenvalue weighted by molar-refractivity contribution is -0.120. The topological polar surface area (TPSA) is 147 Å². The van der Waals surface area contributed by atoms with E-state index in [4.69, 9.17) is 15.2 Å². The number of nitrogens with one attached hydrogen (secondary N) is 1. The predicted molar refractivity (Wildman–Crippen MR) is 130 cm³/mol. The van der Waals surface area contributed by atoms with Gasteiger partial charge in [-0.2, -0.15) is 14.9 Å². The number of aromatic nitrogens is 5. The average molecular weight is 486 g/mol. The van der Waals surface area contributed by atoms with Crippen molar-refractivity contribution in [2.75, 3.05) is 19.0 Å². The van der Waals surface area contributed by atoms with Crippen LogP contribution < -0.4 is 20.5 Å². The lowest BCUT2D eigenvalue weighted by Crippen LogP contribution is -2.25. The van der Waals surface area contributed by atoms with Gasteiger partial charge in [0.05, 0.1) is 24.7 Å². The van der Waals surface area contributed by atoms with E-state index in [1.807, 2.05) is 43.3 Å². The van der Waals surface area contributed by atoms with Gasteiger partial charge < -0.3 is 20.5 Å². The highest BCUT2D eigenvalue weighted by molar-refractivity contribution is 5.95. The fourth-order valence-electron chi connectivity index (χ4n) is 4.21. The number of aryl methyl sites for hydroxylation is 1. The van der Waals surface area contributed by atoms with Gasteiger partial charge in [0.1, 0.15) is 17.3 Å². The highest BCUT2D eigenvalue weighted by Gasteiger charge is 2.33. The van der Waals surface area contributed by atoms with Crippen LogP contribution in [0.25, 0.3) is 17.2 Å². The molecule has 0 aliphatic carbocycles. The Morgan fingerprint density at radius 3 is 2.56 bits per heavy atom. The number of hydrogen-bond donors (Lipinski definition) is 2. The molecule has 11 nitrogen and oxygen atoms in total. The summed E-state index contributed by atoms with van der Waals surface area (Å²) in [7, 11) is 1.61. The predicted octanol–water partition coefficient (Wildman–Crippen LogP) is 2.38. The van der Waals surface area contributed by atoms with Crippen molar-refractivity contribution in [2.45, 2.75) is 19.3 Å². The van der Waals surface area contributed by atoms with E-state index in [0.717, 1.165) is 28.1 Å². The summed E-state index contributed by atoms with van der Waals surface area (Å²) < 4.78 is 12.1. The Morgan fingerprint density at radius 2 is 1.86 bits per heavy atom. The molecule has 11 heteroatoms. The van der Waals surface area contributed by atoms with Gasteiger partial charge in [0.25, 0.3) is 11.9 Å². The standard InChI is InChI=1S/C25H23N7O4/c1-14-23-19(15-3-9-18(10-4-15)36-13-21(26)33)11-22(34)29-24(23)32(31-14)25-28-20(12-27-30-25)16-5-7-17(35-2)8-6-16/h3-10,12,19H,11,13H2,1-2H3,(H2,26,33)(H,29,34)/t19-/m1/s1. The molecule has 0 spiro atoms. The molecule has 182 valence electrons. The van der Waals surface area contributed by atoms with E-state index in [1.165, 1.54) is 4.68 Å². The van der Waals surface area contributed by atoms with Crippen LogP contribution in [0.2, 0.25) is 0 Å². The first-order valence-corrected chi connectivity index (χ1v) is 11.2. The molecule has 3 N–H and O–H groups in total. The zero-order valence-electron chi connectivity index (χ0n) is 19.6. The van der Waals surface area contributed by atoms with Crippen molar-refractivity contribution in [3.63, 3.8) is 0 Å². The van der Waals surface area contributed by atoms with Crippen LogP contribution in [-0.2, 0) is 9.59 Å². The first kappa shape index (κ1) is 23.0. The molecule has 36 heavy (non-hydrogen) atoms. The second-order valence-electron chi connectivity index (χ2n) is 8.26. The molecule has 1 aliphatic heterocycles. The molecular weight excluding hydrogens is 462 g/mol. The number of primary amides is 1. The van der Waals surface area contributed by atoms with E-state index in [9.17, 15) is 9.59 Å². The number of nitrogens with two attached hydrogens (primary N) is 1. The number of carbonyl (C=O) groups excluding carboxylic acids is 2. The molecule has 0 saturated carbocycles. The van der Waals surface area contributed by atoms with Gasteiger partial charge in [-0.25, -0.2) is 4.98 Å². The number of rotatable bonds is 7. The Morgan fingerprint density at radius 1 is 1.14 bits per heavy atom. The molecule has 3 heterocycles. The minimum absolute atomic E-state index is 0.151. The minimum Gasteiger partial charge on any atom is -0.497 e. The van der Waals surface area contributed by atoms with Crippen molar-refractivity contribution in [2.24, 2.45) is 5.73 Å². The zero-order valence-corrected chi connectivity index (χ0v) is 19.6. The zero-order chi connectivity index (χ0) is 25.2. The average Bonchev–Trinajstić information content (AvgIpc) is 3.23. The van der Waals surface area contributed by atoms with Crippen LogP contribution in [-0.4, -0.2) is 50.5 Å². The summed E-state index contributed by atoms with van der Waals surface area (Å²) in [5.74, 6) is 1.07. The Hall–Kier alpha value is -4.80. The summed E-state index contributed by atoms with van der Waals surface area (Å²) in [5, 5.41) is 15.8. The van der Waals surface area contributed by atoms with Gasteiger partial charge in [0.15, 0.2) is 6.61 Å². The largest absolute Gasteiger partial charge is 0.497 e.